The second-order valence-corrected chi connectivity index (χ2v) is 7.13. The summed E-state index contributed by atoms with van der Waals surface area (Å²) in [5.41, 5.74) is 0.986. The van der Waals surface area contributed by atoms with Crippen molar-refractivity contribution in [1.29, 1.82) is 0 Å². The molecule has 1 aliphatic heterocycles. The first-order valence-electron chi connectivity index (χ1n) is 8.30. The van der Waals surface area contributed by atoms with E-state index in [1.54, 1.807) is 18.6 Å². The fourth-order valence-corrected chi connectivity index (χ4v) is 3.48. The van der Waals surface area contributed by atoms with Crippen molar-refractivity contribution in [2.45, 2.75) is 13.3 Å². The Balaban J connectivity index is 1.54. The first kappa shape index (κ1) is 16.0. The van der Waals surface area contributed by atoms with Crippen molar-refractivity contribution < 1.29 is 0 Å². The van der Waals surface area contributed by atoms with Crippen LogP contribution in [0.3, 0.4) is 0 Å². The smallest absolute Gasteiger partial charge is 0.222 e. The average molecular weight is 355 g/mol. The van der Waals surface area contributed by atoms with Crippen molar-refractivity contribution in [3.05, 3.63) is 48.0 Å². The van der Waals surface area contributed by atoms with Crippen molar-refractivity contribution in [2.24, 2.45) is 5.41 Å². The zero-order valence-electron chi connectivity index (χ0n) is 14.0. The van der Waals surface area contributed by atoms with Gasteiger partial charge in [-0.25, -0.2) is 15.0 Å². The normalized spacial score (nSPS) is 20.2. The van der Waals surface area contributed by atoms with Gasteiger partial charge in [0.1, 0.15) is 11.0 Å². The molecule has 0 amide bonds. The van der Waals surface area contributed by atoms with Gasteiger partial charge in [0.25, 0.3) is 0 Å². The Morgan fingerprint density at radius 3 is 2.84 bits per heavy atom. The van der Waals surface area contributed by atoms with Crippen LogP contribution < -0.4 is 10.2 Å². The molecular formula is C18H19ClN6. The Bertz CT molecular complexity index is 887. The summed E-state index contributed by atoms with van der Waals surface area (Å²) in [6, 6.07) is 7.61. The third-order valence-electron chi connectivity index (χ3n) is 4.64. The average Bonchev–Trinajstić information content (AvgIpc) is 3.03. The molecule has 0 radical (unpaired) electrons. The van der Waals surface area contributed by atoms with E-state index in [1.807, 2.05) is 24.3 Å². The summed E-state index contributed by atoms with van der Waals surface area (Å²) in [7, 11) is 0. The number of nitrogens with zero attached hydrogens (tertiary/aromatic N) is 5. The minimum absolute atomic E-state index is 0.109. The zero-order chi connectivity index (χ0) is 17.3. The molecule has 0 bridgehead atoms. The molecule has 0 aromatic carbocycles. The van der Waals surface area contributed by atoms with Gasteiger partial charge in [0.15, 0.2) is 0 Å². The van der Waals surface area contributed by atoms with Crippen LogP contribution in [0.4, 0.5) is 11.8 Å². The zero-order valence-corrected chi connectivity index (χ0v) is 14.7. The molecule has 25 heavy (non-hydrogen) atoms. The van der Waals surface area contributed by atoms with Crippen LogP contribution in [-0.2, 0) is 0 Å². The number of pyridine rings is 2. The highest BCUT2D eigenvalue weighted by atomic mass is 35.5. The molecule has 1 aliphatic rings. The van der Waals surface area contributed by atoms with Crippen molar-refractivity contribution in [3.63, 3.8) is 0 Å². The van der Waals surface area contributed by atoms with E-state index in [1.165, 1.54) is 0 Å². The highest BCUT2D eigenvalue weighted by Crippen LogP contribution is 2.35. The van der Waals surface area contributed by atoms with Gasteiger partial charge < -0.3 is 10.2 Å². The topological polar surface area (TPSA) is 66.8 Å². The Kier molecular flexibility index (Phi) is 4.13. The lowest BCUT2D eigenvalue weighted by molar-refractivity contribution is 0.395. The van der Waals surface area contributed by atoms with Crippen molar-refractivity contribution in [2.75, 3.05) is 29.9 Å². The number of aromatic nitrogens is 4. The summed E-state index contributed by atoms with van der Waals surface area (Å²) in [5.74, 6) is 1.58. The van der Waals surface area contributed by atoms with Gasteiger partial charge in [-0.05, 0) is 24.6 Å². The van der Waals surface area contributed by atoms with E-state index in [0.29, 0.717) is 11.1 Å². The minimum atomic E-state index is 0.109. The fraction of sp³-hybridized carbons (Fsp3) is 0.333. The summed E-state index contributed by atoms with van der Waals surface area (Å²) in [6.45, 7) is 4.91. The molecule has 7 heteroatoms. The predicted octanol–water partition coefficient (Wildman–Crippen LogP) is 3.40. The maximum Gasteiger partial charge on any atom is 0.222 e. The van der Waals surface area contributed by atoms with Crippen LogP contribution in [-0.4, -0.2) is 39.6 Å². The third kappa shape index (κ3) is 3.35. The van der Waals surface area contributed by atoms with Gasteiger partial charge in [0.05, 0.1) is 5.52 Å². The van der Waals surface area contributed by atoms with Gasteiger partial charge in [-0.2, -0.15) is 0 Å². The van der Waals surface area contributed by atoms with Crippen LogP contribution in [0.15, 0.2) is 42.9 Å². The van der Waals surface area contributed by atoms with E-state index < -0.39 is 0 Å². The number of hydrogen-bond acceptors (Lipinski definition) is 6. The van der Waals surface area contributed by atoms with Crippen LogP contribution >= 0.6 is 11.6 Å². The Morgan fingerprint density at radius 1 is 1.20 bits per heavy atom. The molecule has 3 aromatic rings. The third-order valence-corrected chi connectivity index (χ3v) is 4.84. The molecule has 1 saturated heterocycles. The van der Waals surface area contributed by atoms with Gasteiger partial charge in [-0.15, -0.1) is 0 Å². The summed E-state index contributed by atoms with van der Waals surface area (Å²) in [5, 5.41) is 4.85. The molecule has 1 fully saturated rings. The van der Waals surface area contributed by atoms with Crippen LogP contribution in [0.2, 0.25) is 5.15 Å². The highest BCUT2D eigenvalue weighted by Gasteiger charge is 2.35. The SMILES string of the molecule is CC1(CNc2ncccn2)CCN(c2nc(Cl)cc3ncccc23)C1. The molecule has 1 N–H and O–H groups in total. The molecule has 0 spiro atoms. The van der Waals surface area contributed by atoms with E-state index in [4.69, 9.17) is 11.6 Å². The van der Waals surface area contributed by atoms with Gasteiger partial charge >= 0.3 is 0 Å². The standard InChI is InChI=1S/C18H19ClN6/c1-18(11-23-17-21-7-3-8-22-17)5-9-25(12-18)16-13-4-2-6-20-14(13)10-15(19)24-16/h2-4,6-8,10H,5,9,11-12H2,1H3,(H,21,22,23). The molecule has 0 aliphatic carbocycles. The quantitative estimate of drug-likeness (QED) is 0.724. The molecule has 128 valence electrons. The van der Waals surface area contributed by atoms with E-state index in [0.717, 1.165) is 42.8 Å². The first-order chi connectivity index (χ1) is 12.1. The fourth-order valence-electron chi connectivity index (χ4n) is 3.30. The number of anilines is 2. The minimum Gasteiger partial charge on any atom is -0.355 e. The molecule has 0 saturated carbocycles. The second-order valence-electron chi connectivity index (χ2n) is 6.75. The maximum absolute atomic E-state index is 6.21. The Labute approximate surface area is 151 Å². The van der Waals surface area contributed by atoms with Gasteiger partial charge in [-0.3, -0.25) is 4.98 Å². The molecule has 4 heterocycles. The molecule has 3 aromatic heterocycles. The van der Waals surface area contributed by atoms with E-state index in [9.17, 15) is 0 Å². The monoisotopic (exact) mass is 354 g/mol. The van der Waals surface area contributed by atoms with Crippen LogP contribution in [0.1, 0.15) is 13.3 Å². The number of fused-ring (bicyclic) bond motifs is 1. The molecule has 6 nitrogen and oxygen atoms in total. The van der Waals surface area contributed by atoms with E-state index in [-0.39, 0.29) is 5.41 Å². The summed E-state index contributed by atoms with van der Waals surface area (Å²) < 4.78 is 0. The number of nitrogens with one attached hydrogen (secondary N) is 1. The van der Waals surface area contributed by atoms with Gasteiger partial charge in [0, 0.05) is 55.1 Å². The lowest BCUT2D eigenvalue weighted by Crippen LogP contribution is -2.31. The van der Waals surface area contributed by atoms with Crippen LogP contribution in [0.5, 0.6) is 0 Å². The van der Waals surface area contributed by atoms with Crippen LogP contribution in [0.25, 0.3) is 10.9 Å². The maximum atomic E-state index is 6.21. The predicted molar refractivity (Wildman–Crippen MR) is 100 cm³/mol. The summed E-state index contributed by atoms with van der Waals surface area (Å²) in [6.07, 6.45) is 6.32. The van der Waals surface area contributed by atoms with E-state index in [2.05, 4.69) is 37.1 Å². The summed E-state index contributed by atoms with van der Waals surface area (Å²) in [4.78, 5) is 19.7. The van der Waals surface area contributed by atoms with Crippen molar-refractivity contribution in [1.82, 2.24) is 19.9 Å². The van der Waals surface area contributed by atoms with Crippen molar-refractivity contribution >= 4 is 34.3 Å². The first-order valence-corrected chi connectivity index (χ1v) is 8.68. The van der Waals surface area contributed by atoms with Gasteiger partial charge in [-0.1, -0.05) is 18.5 Å². The largest absolute Gasteiger partial charge is 0.355 e. The summed E-state index contributed by atoms with van der Waals surface area (Å²) >= 11 is 6.21. The Morgan fingerprint density at radius 2 is 2.00 bits per heavy atom. The van der Waals surface area contributed by atoms with Crippen molar-refractivity contribution in [3.8, 4) is 0 Å². The molecule has 1 unspecified atom stereocenters. The number of rotatable bonds is 4. The second kappa shape index (κ2) is 6.44. The lowest BCUT2D eigenvalue weighted by atomic mass is 9.90. The van der Waals surface area contributed by atoms with E-state index >= 15 is 0 Å². The van der Waals surface area contributed by atoms with Gasteiger partial charge in [0.2, 0.25) is 5.95 Å². The number of halogens is 1. The lowest BCUT2D eigenvalue weighted by Gasteiger charge is -2.26. The Hall–Kier alpha value is -2.47. The molecule has 4 rings (SSSR count). The van der Waals surface area contributed by atoms with Crippen LogP contribution in [0, 0.1) is 5.41 Å². The molecular weight excluding hydrogens is 336 g/mol. The molecule has 1 atom stereocenters. The highest BCUT2D eigenvalue weighted by molar-refractivity contribution is 6.30. The number of hydrogen-bond donors (Lipinski definition) is 1.